The van der Waals surface area contributed by atoms with Gasteiger partial charge in [-0.05, 0) is 12.8 Å². The fourth-order valence-electron chi connectivity index (χ4n) is 2.41. The second-order valence-corrected chi connectivity index (χ2v) is 5.06. The van der Waals surface area contributed by atoms with Crippen LogP contribution in [-0.4, -0.2) is 34.7 Å². The van der Waals surface area contributed by atoms with Gasteiger partial charge in [0.15, 0.2) is 0 Å². The Morgan fingerprint density at radius 3 is 2.11 bits per heavy atom. The summed E-state index contributed by atoms with van der Waals surface area (Å²) in [4.78, 5) is 34.3. The van der Waals surface area contributed by atoms with Crippen LogP contribution in [0.25, 0.3) is 0 Å². The maximum Gasteiger partial charge on any atom is 0.303 e. The van der Waals surface area contributed by atoms with Gasteiger partial charge in [-0.15, -0.1) is 0 Å². The molecule has 108 valence electrons. The molecule has 0 saturated carbocycles. The van der Waals surface area contributed by atoms with Crippen LogP contribution in [0.4, 0.5) is 0 Å². The van der Waals surface area contributed by atoms with Gasteiger partial charge in [0.2, 0.25) is 6.41 Å². The number of carbonyl (C=O) groups excluding carboxylic acids is 2. The molecule has 1 aliphatic rings. The largest absolute Gasteiger partial charge is 0.303 e. The summed E-state index contributed by atoms with van der Waals surface area (Å²) in [5, 5.41) is 11.0. The van der Waals surface area contributed by atoms with Gasteiger partial charge >= 0.3 is 5.91 Å². The Bertz CT molecular complexity index is 320. The van der Waals surface area contributed by atoms with Crippen molar-refractivity contribution in [2.24, 2.45) is 0 Å². The average Bonchev–Trinajstić information content (AvgIpc) is 2.40. The molecule has 0 bridgehead atoms. The van der Waals surface area contributed by atoms with E-state index in [0.29, 0.717) is 19.4 Å². The summed E-state index contributed by atoms with van der Waals surface area (Å²) in [6.45, 7) is 0.298. The van der Waals surface area contributed by atoms with E-state index in [2.05, 4.69) is 0 Å². The molecular formula is C13H22N2O4. The van der Waals surface area contributed by atoms with Crippen molar-refractivity contribution >= 4 is 12.3 Å². The van der Waals surface area contributed by atoms with Crippen molar-refractivity contribution in [3.8, 4) is 0 Å². The zero-order valence-electron chi connectivity index (χ0n) is 11.3. The molecule has 1 unspecified atom stereocenters. The monoisotopic (exact) mass is 270 g/mol. The molecule has 19 heavy (non-hydrogen) atoms. The first-order chi connectivity index (χ1) is 9.16. The minimum Gasteiger partial charge on any atom is -0.279 e. The van der Waals surface area contributed by atoms with Crippen molar-refractivity contribution in [2.45, 2.75) is 63.8 Å². The number of amides is 2. The van der Waals surface area contributed by atoms with Gasteiger partial charge in [-0.3, -0.25) is 24.6 Å². The molecule has 0 aromatic rings. The lowest BCUT2D eigenvalue weighted by Gasteiger charge is -2.17. The van der Waals surface area contributed by atoms with Crippen LogP contribution < -0.4 is 0 Å². The van der Waals surface area contributed by atoms with Crippen LogP contribution in [0.15, 0.2) is 0 Å². The lowest BCUT2D eigenvalue weighted by molar-refractivity contribution is -0.509. The van der Waals surface area contributed by atoms with Crippen LogP contribution in [-0.2, 0) is 9.59 Å². The number of imide groups is 1. The number of rotatable bonds is 2. The van der Waals surface area contributed by atoms with E-state index in [4.69, 9.17) is 0 Å². The SMILES string of the molecule is O=CN1CCCCCCCCCCC([N+](=O)[O-])C1=O. The first-order valence-corrected chi connectivity index (χ1v) is 7.06. The highest BCUT2D eigenvalue weighted by molar-refractivity contribution is 5.89. The van der Waals surface area contributed by atoms with Crippen LogP contribution >= 0.6 is 0 Å². The summed E-state index contributed by atoms with van der Waals surface area (Å²) in [6, 6.07) is -1.26. The molecule has 1 saturated heterocycles. The van der Waals surface area contributed by atoms with E-state index in [9.17, 15) is 19.7 Å². The van der Waals surface area contributed by atoms with E-state index < -0.39 is 16.9 Å². The number of carbonyl (C=O) groups is 2. The molecule has 0 aromatic carbocycles. The van der Waals surface area contributed by atoms with E-state index in [1.807, 2.05) is 0 Å². The lowest BCUT2D eigenvalue weighted by Crippen LogP contribution is -2.42. The summed E-state index contributed by atoms with van der Waals surface area (Å²) in [5.41, 5.74) is 0. The fraction of sp³-hybridized carbons (Fsp3) is 0.846. The predicted octanol–water partition coefficient (Wildman–Crippen LogP) is 2.14. The van der Waals surface area contributed by atoms with Crippen LogP contribution in [0.1, 0.15) is 57.8 Å². The Kier molecular flexibility index (Phi) is 7.07. The van der Waals surface area contributed by atoms with Gasteiger partial charge in [-0.2, -0.15) is 0 Å². The number of hydrogen-bond donors (Lipinski definition) is 0. The molecule has 1 atom stereocenters. The summed E-state index contributed by atoms with van der Waals surface area (Å²) >= 11 is 0. The minimum absolute atomic E-state index is 0.232. The topological polar surface area (TPSA) is 80.5 Å². The minimum atomic E-state index is -1.26. The fourth-order valence-corrected chi connectivity index (χ4v) is 2.41. The highest BCUT2D eigenvalue weighted by atomic mass is 16.6. The molecule has 1 fully saturated rings. The Balaban J connectivity index is 2.68. The molecule has 0 aliphatic carbocycles. The first kappa shape index (κ1) is 15.6. The van der Waals surface area contributed by atoms with Gasteiger partial charge in [0.1, 0.15) is 0 Å². The van der Waals surface area contributed by atoms with Crippen molar-refractivity contribution in [3.05, 3.63) is 10.1 Å². The Morgan fingerprint density at radius 1 is 1.05 bits per heavy atom. The van der Waals surface area contributed by atoms with Crippen LogP contribution in [0.3, 0.4) is 0 Å². The summed E-state index contributed by atoms with van der Waals surface area (Å²) < 4.78 is 0. The van der Waals surface area contributed by atoms with Crippen LogP contribution in [0, 0.1) is 10.1 Å². The first-order valence-electron chi connectivity index (χ1n) is 7.06. The third-order valence-corrected chi connectivity index (χ3v) is 3.58. The molecular weight excluding hydrogens is 248 g/mol. The average molecular weight is 270 g/mol. The summed E-state index contributed by atoms with van der Waals surface area (Å²) in [7, 11) is 0. The van der Waals surface area contributed by atoms with Crippen molar-refractivity contribution in [3.63, 3.8) is 0 Å². The highest BCUT2D eigenvalue weighted by Crippen LogP contribution is 2.14. The third-order valence-electron chi connectivity index (χ3n) is 3.58. The zero-order valence-corrected chi connectivity index (χ0v) is 11.3. The number of nitro groups is 1. The van der Waals surface area contributed by atoms with E-state index in [0.717, 1.165) is 49.8 Å². The molecule has 1 rings (SSSR count). The molecule has 0 N–H and O–H groups in total. The van der Waals surface area contributed by atoms with Crippen molar-refractivity contribution < 1.29 is 14.5 Å². The Morgan fingerprint density at radius 2 is 1.58 bits per heavy atom. The second-order valence-electron chi connectivity index (χ2n) is 5.06. The molecule has 0 radical (unpaired) electrons. The number of hydrogen-bond acceptors (Lipinski definition) is 4. The molecule has 1 aliphatic heterocycles. The molecule has 0 aromatic heterocycles. The Hall–Kier alpha value is -1.46. The standard InChI is InChI=1S/C13H22N2O4/c16-11-14-10-8-6-4-2-1-3-5-7-9-12(13(14)17)15(18)19/h11-12H,1-10H2. The van der Waals surface area contributed by atoms with Gasteiger partial charge < -0.3 is 0 Å². The van der Waals surface area contributed by atoms with Crippen molar-refractivity contribution in [1.82, 2.24) is 4.90 Å². The van der Waals surface area contributed by atoms with E-state index in [1.165, 1.54) is 0 Å². The zero-order chi connectivity index (χ0) is 14.1. The lowest BCUT2D eigenvalue weighted by atomic mass is 10.1. The normalized spacial score (nSPS) is 23.9. The molecule has 6 heteroatoms. The van der Waals surface area contributed by atoms with Crippen molar-refractivity contribution in [1.29, 1.82) is 0 Å². The number of nitrogens with zero attached hydrogens (tertiary/aromatic N) is 2. The molecule has 1 heterocycles. The van der Waals surface area contributed by atoms with Gasteiger partial charge in [0.05, 0.1) is 0 Å². The summed E-state index contributed by atoms with van der Waals surface area (Å²) in [6.07, 6.45) is 8.41. The van der Waals surface area contributed by atoms with E-state index in [-0.39, 0.29) is 6.42 Å². The van der Waals surface area contributed by atoms with Gasteiger partial charge in [-0.1, -0.05) is 38.5 Å². The van der Waals surface area contributed by atoms with Crippen molar-refractivity contribution in [2.75, 3.05) is 6.54 Å². The van der Waals surface area contributed by atoms with Crippen LogP contribution in [0.2, 0.25) is 0 Å². The van der Waals surface area contributed by atoms with E-state index in [1.54, 1.807) is 0 Å². The van der Waals surface area contributed by atoms with Crippen LogP contribution in [0.5, 0.6) is 0 Å². The van der Waals surface area contributed by atoms with Gasteiger partial charge in [-0.25, -0.2) is 0 Å². The quantitative estimate of drug-likeness (QED) is 0.437. The Labute approximate surface area is 113 Å². The molecule has 2 amide bonds. The van der Waals surface area contributed by atoms with E-state index >= 15 is 0 Å². The predicted molar refractivity (Wildman–Crippen MR) is 70.1 cm³/mol. The molecule has 6 nitrogen and oxygen atoms in total. The van der Waals surface area contributed by atoms with Gasteiger partial charge in [0, 0.05) is 17.9 Å². The second kappa shape index (κ2) is 8.61. The maximum atomic E-state index is 12.0. The maximum absolute atomic E-state index is 12.0. The third kappa shape index (κ3) is 5.36. The smallest absolute Gasteiger partial charge is 0.279 e. The highest BCUT2D eigenvalue weighted by Gasteiger charge is 2.33. The summed E-state index contributed by atoms with van der Waals surface area (Å²) in [5.74, 6) is -0.653. The molecule has 0 spiro atoms. The van der Waals surface area contributed by atoms with Gasteiger partial charge in [0.25, 0.3) is 6.04 Å².